The zero-order chi connectivity index (χ0) is 7.28. The first-order valence-corrected chi connectivity index (χ1v) is 2.80. The van der Waals surface area contributed by atoms with Crippen molar-refractivity contribution >= 4 is 5.84 Å². The zero-order valence-corrected chi connectivity index (χ0v) is 6.18. The molecule has 2 heteroatoms. The average Bonchev–Trinajstić information content (AvgIpc) is 1.82. The highest BCUT2D eigenvalue weighted by Gasteiger charge is 1.88. The van der Waals surface area contributed by atoms with Gasteiger partial charge in [0.1, 0.15) is 6.54 Å². The summed E-state index contributed by atoms with van der Waals surface area (Å²) in [5.74, 6) is 3.40. The molecule has 0 aromatic carbocycles. The molecule has 0 aliphatic carbocycles. The van der Waals surface area contributed by atoms with E-state index in [1.807, 2.05) is 25.9 Å². The Balaban J connectivity index is 3.73. The molecule has 0 saturated carbocycles. The number of hydrogen-bond acceptors (Lipinski definition) is 1. The van der Waals surface area contributed by atoms with Gasteiger partial charge >= 0.3 is 0 Å². The van der Waals surface area contributed by atoms with E-state index in [0.717, 1.165) is 5.84 Å². The lowest BCUT2D eigenvalue weighted by atomic mass is 10.6. The highest BCUT2D eigenvalue weighted by atomic mass is 15.1. The second kappa shape index (κ2) is 3.96. The quantitative estimate of drug-likeness (QED) is 0.284. The van der Waals surface area contributed by atoms with Gasteiger partial charge in [0.25, 0.3) is 0 Å². The van der Waals surface area contributed by atoms with E-state index < -0.39 is 0 Å². The predicted molar refractivity (Wildman–Crippen MR) is 40.5 cm³/mol. The number of rotatable bonds is 1. The van der Waals surface area contributed by atoms with E-state index in [1.54, 1.807) is 0 Å². The number of amidine groups is 1. The molecule has 0 amide bonds. The van der Waals surface area contributed by atoms with Crippen molar-refractivity contribution < 1.29 is 0 Å². The van der Waals surface area contributed by atoms with Gasteiger partial charge in [-0.25, -0.2) is 0 Å². The number of aliphatic imine (C=N–C) groups is 1. The lowest BCUT2D eigenvalue weighted by Crippen LogP contribution is -2.18. The first kappa shape index (κ1) is 8.03. The smallest absolute Gasteiger partial charge is 0.101 e. The van der Waals surface area contributed by atoms with Gasteiger partial charge in [-0.15, -0.1) is 6.42 Å². The van der Waals surface area contributed by atoms with Gasteiger partial charge in [-0.1, -0.05) is 5.92 Å². The highest BCUT2D eigenvalue weighted by molar-refractivity contribution is 5.79. The van der Waals surface area contributed by atoms with Crippen LogP contribution in [0.4, 0.5) is 0 Å². The van der Waals surface area contributed by atoms with E-state index >= 15 is 0 Å². The molecule has 0 atom stereocenters. The summed E-state index contributed by atoms with van der Waals surface area (Å²) in [6.07, 6.45) is 5.00. The van der Waals surface area contributed by atoms with Crippen LogP contribution in [0.5, 0.6) is 0 Å². The minimum atomic E-state index is 0.476. The van der Waals surface area contributed by atoms with Crippen molar-refractivity contribution in [3.63, 3.8) is 0 Å². The maximum atomic E-state index is 5.00. The number of nitrogens with zero attached hydrogens (tertiary/aromatic N) is 2. The molecular weight excluding hydrogens is 112 g/mol. The Labute approximate surface area is 56.6 Å². The Kier molecular flexibility index (Phi) is 3.54. The fourth-order valence-corrected chi connectivity index (χ4v) is 0.301. The molecule has 9 heavy (non-hydrogen) atoms. The summed E-state index contributed by atoms with van der Waals surface area (Å²) in [7, 11) is 3.88. The summed E-state index contributed by atoms with van der Waals surface area (Å²) in [5, 5.41) is 0. The fourth-order valence-electron chi connectivity index (χ4n) is 0.301. The number of terminal acetylenes is 1. The highest BCUT2D eigenvalue weighted by Crippen LogP contribution is 1.80. The van der Waals surface area contributed by atoms with Crippen LogP contribution in [0, 0.1) is 12.3 Å². The van der Waals surface area contributed by atoms with E-state index in [-0.39, 0.29) is 0 Å². The van der Waals surface area contributed by atoms with Crippen molar-refractivity contribution in [2.45, 2.75) is 6.92 Å². The average molecular weight is 124 g/mol. The van der Waals surface area contributed by atoms with Crippen LogP contribution >= 0.6 is 0 Å². The fraction of sp³-hybridized carbons (Fsp3) is 0.571. The molecule has 0 aromatic rings. The topological polar surface area (TPSA) is 15.6 Å². The second-order valence-electron chi connectivity index (χ2n) is 1.96. The lowest BCUT2D eigenvalue weighted by Gasteiger charge is -2.09. The van der Waals surface area contributed by atoms with E-state index in [0.29, 0.717) is 6.54 Å². The van der Waals surface area contributed by atoms with Crippen molar-refractivity contribution in [2.75, 3.05) is 20.6 Å². The van der Waals surface area contributed by atoms with Crippen LogP contribution in [0.3, 0.4) is 0 Å². The molecule has 0 unspecified atom stereocenters. The molecule has 0 bridgehead atoms. The monoisotopic (exact) mass is 124 g/mol. The summed E-state index contributed by atoms with van der Waals surface area (Å²) in [5.41, 5.74) is 0. The molecule has 0 saturated heterocycles. The Hall–Kier alpha value is -0.970. The van der Waals surface area contributed by atoms with Crippen LogP contribution in [0.1, 0.15) is 6.92 Å². The van der Waals surface area contributed by atoms with Crippen molar-refractivity contribution in [3.05, 3.63) is 0 Å². The van der Waals surface area contributed by atoms with Crippen LogP contribution in [-0.4, -0.2) is 31.4 Å². The molecule has 2 nitrogen and oxygen atoms in total. The van der Waals surface area contributed by atoms with E-state index in [9.17, 15) is 0 Å². The van der Waals surface area contributed by atoms with Crippen LogP contribution in [0.15, 0.2) is 4.99 Å². The largest absolute Gasteiger partial charge is 0.367 e. The van der Waals surface area contributed by atoms with Gasteiger partial charge in [0.15, 0.2) is 0 Å². The van der Waals surface area contributed by atoms with Gasteiger partial charge in [-0.05, 0) is 6.92 Å². The van der Waals surface area contributed by atoms with Gasteiger partial charge in [-0.3, -0.25) is 4.99 Å². The molecule has 0 aliphatic heterocycles. The van der Waals surface area contributed by atoms with E-state index in [1.165, 1.54) is 0 Å². The third-order valence-corrected chi connectivity index (χ3v) is 1.05. The summed E-state index contributed by atoms with van der Waals surface area (Å²) in [6, 6.07) is 0. The minimum absolute atomic E-state index is 0.476. The van der Waals surface area contributed by atoms with Crippen molar-refractivity contribution in [1.82, 2.24) is 4.90 Å². The summed E-state index contributed by atoms with van der Waals surface area (Å²) < 4.78 is 0. The molecule has 0 N–H and O–H groups in total. The Morgan fingerprint density at radius 1 is 1.67 bits per heavy atom. The predicted octanol–water partition coefficient (Wildman–Crippen LogP) is 0.600. The Bertz CT molecular complexity index is 139. The first-order chi connectivity index (χ1) is 4.18. The van der Waals surface area contributed by atoms with Crippen LogP contribution in [-0.2, 0) is 0 Å². The van der Waals surface area contributed by atoms with Crippen LogP contribution in [0.25, 0.3) is 0 Å². The molecular formula is C7H12N2. The Morgan fingerprint density at radius 2 is 2.22 bits per heavy atom. The molecule has 0 spiro atoms. The maximum absolute atomic E-state index is 5.00. The van der Waals surface area contributed by atoms with E-state index in [2.05, 4.69) is 10.9 Å². The van der Waals surface area contributed by atoms with Crippen molar-refractivity contribution in [3.8, 4) is 12.3 Å². The second-order valence-corrected chi connectivity index (χ2v) is 1.96. The normalized spacial score (nSPS) is 10.7. The maximum Gasteiger partial charge on any atom is 0.101 e. The minimum Gasteiger partial charge on any atom is -0.367 e. The van der Waals surface area contributed by atoms with Gasteiger partial charge in [0.2, 0.25) is 0 Å². The number of hydrogen-bond donors (Lipinski definition) is 0. The van der Waals surface area contributed by atoms with E-state index in [4.69, 9.17) is 6.42 Å². The van der Waals surface area contributed by atoms with Crippen LogP contribution in [0.2, 0.25) is 0 Å². The molecule has 0 aliphatic rings. The molecule has 0 rings (SSSR count). The third-order valence-electron chi connectivity index (χ3n) is 1.05. The summed E-state index contributed by atoms with van der Waals surface area (Å²) in [4.78, 5) is 5.98. The van der Waals surface area contributed by atoms with Gasteiger partial charge < -0.3 is 4.90 Å². The first-order valence-electron chi connectivity index (χ1n) is 2.80. The standard InChI is InChI=1S/C7H12N2/c1-5-6-8-7(2)9(3)4/h1H,6H2,2-4H3. The van der Waals surface area contributed by atoms with Crippen molar-refractivity contribution in [2.24, 2.45) is 4.99 Å². The Morgan fingerprint density at radius 3 is 2.56 bits per heavy atom. The molecule has 0 heterocycles. The molecule has 0 radical (unpaired) electrons. The van der Waals surface area contributed by atoms with Gasteiger partial charge in [-0.2, -0.15) is 0 Å². The van der Waals surface area contributed by atoms with Crippen molar-refractivity contribution in [1.29, 1.82) is 0 Å². The summed E-state index contributed by atoms with van der Waals surface area (Å²) in [6.45, 7) is 2.40. The van der Waals surface area contributed by atoms with Crippen LogP contribution < -0.4 is 0 Å². The molecule has 50 valence electrons. The molecule has 0 aromatic heterocycles. The lowest BCUT2D eigenvalue weighted by molar-refractivity contribution is 0.616. The summed E-state index contributed by atoms with van der Waals surface area (Å²) >= 11 is 0. The molecule has 0 fully saturated rings. The van der Waals surface area contributed by atoms with Gasteiger partial charge in [0.05, 0.1) is 5.84 Å². The SMILES string of the molecule is C#CCN=C(C)N(C)C. The van der Waals surface area contributed by atoms with Gasteiger partial charge in [0, 0.05) is 14.1 Å². The zero-order valence-electron chi connectivity index (χ0n) is 6.18. The third kappa shape index (κ3) is 3.60.